The molecule has 37 heavy (non-hydrogen) atoms. The van der Waals surface area contributed by atoms with Crippen molar-refractivity contribution in [2.75, 3.05) is 12.3 Å². The van der Waals surface area contributed by atoms with Crippen LogP contribution in [-0.2, 0) is 4.12 Å². The summed E-state index contributed by atoms with van der Waals surface area (Å²) >= 11 is 0. The fraction of sp³-hybridized carbons (Fsp3) is 0.143. The van der Waals surface area contributed by atoms with Crippen LogP contribution in [0, 0.1) is 0 Å². The van der Waals surface area contributed by atoms with E-state index in [2.05, 4.69) is 0 Å². The smallest absolute Gasteiger partial charge is 0.390 e. The molecule has 0 amide bonds. The largest absolute Gasteiger partial charge is 0.488 e. The van der Waals surface area contributed by atoms with Crippen LogP contribution in [0.15, 0.2) is 121 Å². The van der Waals surface area contributed by atoms with E-state index in [1.165, 1.54) is 0 Å². The van der Waals surface area contributed by atoms with E-state index in [0.29, 0.717) is 12.3 Å². The van der Waals surface area contributed by atoms with Gasteiger partial charge in [-0.2, -0.15) is 0 Å². The molecule has 0 aliphatic heterocycles. The molecule has 0 saturated heterocycles. The maximum absolute atomic E-state index is 10.8. The standard InChI is InChI=1S/C28H32O5P2Si2/c29-36(30,23-21-34(25-13-5-1-6-14-25)26-15-7-2-8-16-26)33-37(31,32)24-22-35(27-17-9-3-10-18-27)28-19-11-4-12-20-28/h1-20,29-32H,21-24H2. The Morgan fingerprint density at radius 1 is 0.432 bits per heavy atom. The molecule has 0 aliphatic rings. The molecule has 0 heterocycles. The molecule has 5 nitrogen and oxygen atoms in total. The SMILES string of the molecule is O[Si](O)(CCP(c1ccccc1)c1ccccc1)O[Si](O)(O)CCP(c1ccccc1)c1ccccc1. The molecule has 0 fully saturated rings. The Bertz CT molecular complexity index is 1040. The topological polar surface area (TPSA) is 90.2 Å². The van der Waals surface area contributed by atoms with Gasteiger partial charge in [0.05, 0.1) is 0 Å². The first-order chi connectivity index (χ1) is 17.8. The summed E-state index contributed by atoms with van der Waals surface area (Å²) < 4.78 is 5.39. The quantitative estimate of drug-likeness (QED) is 0.156. The summed E-state index contributed by atoms with van der Waals surface area (Å²) in [6, 6.07) is 40.0. The van der Waals surface area contributed by atoms with Crippen molar-refractivity contribution in [2.45, 2.75) is 12.1 Å². The van der Waals surface area contributed by atoms with Gasteiger partial charge in [0.25, 0.3) is 0 Å². The second-order valence-electron chi connectivity index (χ2n) is 8.73. The van der Waals surface area contributed by atoms with E-state index in [9.17, 15) is 19.2 Å². The zero-order chi connectivity index (χ0) is 26.1. The van der Waals surface area contributed by atoms with E-state index in [0.717, 1.165) is 21.2 Å². The van der Waals surface area contributed by atoms with Gasteiger partial charge in [0.1, 0.15) is 0 Å². The van der Waals surface area contributed by atoms with Crippen LogP contribution >= 0.6 is 15.8 Å². The van der Waals surface area contributed by atoms with Crippen LogP contribution in [0.5, 0.6) is 0 Å². The van der Waals surface area contributed by atoms with Gasteiger partial charge in [0.15, 0.2) is 0 Å². The van der Waals surface area contributed by atoms with Crippen LogP contribution in [0.3, 0.4) is 0 Å². The van der Waals surface area contributed by atoms with Crippen LogP contribution in [0.25, 0.3) is 0 Å². The number of rotatable bonds is 12. The van der Waals surface area contributed by atoms with Gasteiger partial charge in [0.2, 0.25) is 0 Å². The van der Waals surface area contributed by atoms with Crippen LogP contribution in [0.1, 0.15) is 0 Å². The van der Waals surface area contributed by atoms with Crippen molar-refractivity contribution >= 4 is 54.7 Å². The Morgan fingerprint density at radius 2 is 0.676 bits per heavy atom. The Morgan fingerprint density at radius 3 is 0.919 bits per heavy atom. The molecule has 4 N–H and O–H groups in total. The second-order valence-corrected chi connectivity index (χ2v) is 18.2. The van der Waals surface area contributed by atoms with Crippen molar-refractivity contribution in [1.82, 2.24) is 0 Å². The second kappa shape index (κ2) is 13.2. The molecular formula is C28H32O5P2Si2. The highest BCUT2D eigenvalue weighted by molar-refractivity contribution is 7.73. The monoisotopic (exact) mass is 566 g/mol. The lowest BCUT2D eigenvalue weighted by molar-refractivity contribution is 0.157. The van der Waals surface area contributed by atoms with Crippen molar-refractivity contribution in [3.8, 4) is 0 Å². The van der Waals surface area contributed by atoms with E-state index >= 15 is 0 Å². The van der Waals surface area contributed by atoms with E-state index in [-0.39, 0.29) is 12.1 Å². The zero-order valence-electron chi connectivity index (χ0n) is 20.5. The van der Waals surface area contributed by atoms with E-state index in [4.69, 9.17) is 4.12 Å². The van der Waals surface area contributed by atoms with Crippen molar-refractivity contribution < 1.29 is 23.3 Å². The molecule has 0 aromatic heterocycles. The maximum atomic E-state index is 10.8. The van der Waals surface area contributed by atoms with Gasteiger partial charge < -0.3 is 23.3 Å². The van der Waals surface area contributed by atoms with Crippen molar-refractivity contribution in [3.63, 3.8) is 0 Å². The third-order valence-electron chi connectivity index (χ3n) is 5.92. The molecule has 4 aromatic rings. The molecule has 9 heteroatoms. The molecule has 0 atom stereocenters. The highest BCUT2D eigenvalue weighted by atomic mass is 31.1. The molecule has 4 rings (SSSR count). The molecule has 0 bridgehead atoms. The normalized spacial score (nSPS) is 12.3. The van der Waals surface area contributed by atoms with Gasteiger partial charge in [0, 0.05) is 12.1 Å². The summed E-state index contributed by atoms with van der Waals surface area (Å²) in [5.74, 6) is 0. The van der Waals surface area contributed by atoms with Crippen molar-refractivity contribution in [2.24, 2.45) is 0 Å². The molecule has 0 spiro atoms. The van der Waals surface area contributed by atoms with Gasteiger partial charge in [-0.25, -0.2) is 0 Å². The number of benzene rings is 4. The predicted molar refractivity (Wildman–Crippen MR) is 159 cm³/mol. The van der Waals surface area contributed by atoms with Gasteiger partial charge >= 0.3 is 17.6 Å². The van der Waals surface area contributed by atoms with E-state index in [1.54, 1.807) is 0 Å². The van der Waals surface area contributed by atoms with Crippen molar-refractivity contribution in [3.05, 3.63) is 121 Å². The number of hydrogen-bond donors (Lipinski definition) is 4. The Labute approximate surface area is 223 Å². The molecule has 0 aliphatic carbocycles. The lowest BCUT2D eigenvalue weighted by Crippen LogP contribution is -2.53. The predicted octanol–water partition coefficient (Wildman–Crippen LogP) is 3.12. The molecule has 192 valence electrons. The van der Waals surface area contributed by atoms with Gasteiger partial charge in [-0.1, -0.05) is 121 Å². The minimum Gasteiger partial charge on any atom is -0.390 e. The Balaban J connectivity index is 1.43. The highest BCUT2D eigenvalue weighted by Gasteiger charge is 2.45. The van der Waals surface area contributed by atoms with Crippen LogP contribution in [-0.4, -0.2) is 49.1 Å². The minimum atomic E-state index is -4.31. The zero-order valence-corrected chi connectivity index (χ0v) is 24.3. The summed E-state index contributed by atoms with van der Waals surface area (Å²) in [7, 11) is -10.3. The average Bonchev–Trinajstić information content (AvgIpc) is 2.91. The van der Waals surface area contributed by atoms with Gasteiger partial charge in [-0.15, -0.1) is 0 Å². The minimum absolute atomic E-state index is 0.00943. The lowest BCUT2D eigenvalue weighted by atomic mass is 10.4. The first-order valence-electron chi connectivity index (χ1n) is 12.2. The summed E-state index contributed by atoms with van der Waals surface area (Å²) in [6.45, 7) is 0. The lowest BCUT2D eigenvalue weighted by Gasteiger charge is -2.29. The summed E-state index contributed by atoms with van der Waals surface area (Å²) in [5, 5.41) is 4.51. The highest BCUT2D eigenvalue weighted by Crippen LogP contribution is 2.37. The summed E-state index contributed by atoms with van der Waals surface area (Å²) in [5.41, 5.74) is 0. The first-order valence-corrected chi connectivity index (χ1v) is 19.3. The third-order valence-corrected chi connectivity index (χ3v) is 16.2. The van der Waals surface area contributed by atoms with Gasteiger partial charge in [-0.3, -0.25) is 0 Å². The van der Waals surface area contributed by atoms with Crippen molar-refractivity contribution in [1.29, 1.82) is 0 Å². The van der Waals surface area contributed by atoms with Gasteiger partial charge in [-0.05, 0) is 49.4 Å². The Hall–Kier alpha value is -2.03. The molecule has 0 unspecified atom stereocenters. The fourth-order valence-corrected chi connectivity index (χ4v) is 14.9. The molecule has 4 aromatic carbocycles. The first kappa shape index (κ1) is 28.0. The summed E-state index contributed by atoms with van der Waals surface area (Å²) in [6.07, 6.45) is 0.960. The van der Waals surface area contributed by atoms with Crippen LogP contribution in [0.2, 0.25) is 12.1 Å². The maximum Gasteiger partial charge on any atom is 0.488 e. The summed E-state index contributed by atoms with van der Waals surface area (Å²) in [4.78, 5) is 43.2. The third kappa shape index (κ3) is 8.49. The Kier molecular flexibility index (Phi) is 9.96. The molecule has 0 radical (unpaired) electrons. The fourth-order valence-electron chi connectivity index (χ4n) is 4.13. The number of hydrogen-bond acceptors (Lipinski definition) is 5. The average molecular weight is 567 g/mol. The van der Waals surface area contributed by atoms with Crippen LogP contribution < -0.4 is 21.2 Å². The van der Waals surface area contributed by atoms with Crippen LogP contribution in [0.4, 0.5) is 0 Å². The van der Waals surface area contributed by atoms with E-state index < -0.39 is 33.5 Å². The molecular weight excluding hydrogens is 534 g/mol. The molecule has 0 saturated carbocycles. The van der Waals surface area contributed by atoms with E-state index in [1.807, 2.05) is 121 Å².